The van der Waals surface area contributed by atoms with Gasteiger partial charge in [0.1, 0.15) is 17.2 Å². The summed E-state index contributed by atoms with van der Waals surface area (Å²) in [6.07, 6.45) is 0. The van der Waals surface area contributed by atoms with Gasteiger partial charge in [-0.25, -0.2) is 4.98 Å². The number of rotatable bonds is 5. The number of nitrogens with zero attached hydrogens (tertiary/aromatic N) is 1. The zero-order valence-corrected chi connectivity index (χ0v) is 15.1. The third-order valence-corrected chi connectivity index (χ3v) is 4.71. The summed E-state index contributed by atoms with van der Waals surface area (Å²) in [5.41, 5.74) is 3.40. The van der Waals surface area contributed by atoms with Gasteiger partial charge in [0.25, 0.3) is 5.91 Å². The number of anilines is 1. The monoisotopic (exact) mass is 374 g/mol. The first-order valence-electron chi connectivity index (χ1n) is 7.35. The molecule has 0 unspecified atom stereocenters. The summed E-state index contributed by atoms with van der Waals surface area (Å²) in [4.78, 5) is 17.7. The van der Waals surface area contributed by atoms with Gasteiger partial charge in [0.05, 0.1) is 35.3 Å². The van der Waals surface area contributed by atoms with Crippen LogP contribution in [0.5, 0.6) is 11.5 Å². The number of halogens is 1. The van der Waals surface area contributed by atoms with E-state index in [-0.39, 0.29) is 5.91 Å². The Balaban J connectivity index is 1.93. The molecule has 1 N–H and O–H groups in total. The Hall–Kier alpha value is -2.57. The number of carbonyl (C=O) groups is 1. The van der Waals surface area contributed by atoms with Crippen LogP contribution in [-0.2, 0) is 0 Å². The molecule has 0 fully saturated rings. The van der Waals surface area contributed by atoms with E-state index in [1.807, 2.05) is 30.3 Å². The number of carbonyl (C=O) groups excluding carboxylic acids is 1. The molecule has 0 aliphatic carbocycles. The van der Waals surface area contributed by atoms with Crippen molar-refractivity contribution < 1.29 is 14.3 Å². The minimum absolute atomic E-state index is 0.331. The van der Waals surface area contributed by atoms with E-state index < -0.39 is 0 Å². The van der Waals surface area contributed by atoms with Gasteiger partial charge in [-0.15, -0.1) is 11.3 Å². The molecule has 2 aromatic carbocycles. The van der Waals surface area contributed by atoms with Crippen LogP contribution >= 0.6 is 22.9 Å². The molecule has 128 valence electrons. The molecule has 0 spiro atoms. The van der Waals surface area contributed by atoms with E-state index >= 15 is 0 Å². The molecule has 1 amide bonds. The lowest BCUT2D eigenvalue weighted by atomic mass is 10.1. The van der Waals surface area contributed by atoms with E-state index in [9.17, 15) is 4.79 Å². The zero-order chi connectivity index (χ0) is 17.8. The number of hydrogen-bond acceptors (Lipinski definition) is 5. The number of hydrogen-bond donors (Lipinski definition) is 1. The Morgan fingerprint density at radius 2 is 1.84 bits per heavy atom. The summed E-state index contributed by atoms with van der Waals surface area (Å²) >= 11 is 7.51. The molecule has 0 saturated heterocycles. The van der Waals surface area contributed by atoms with Gasteiger partial charge in [0.2, 0.25) is 0 Å². The zero-order valence-electron chi connectivity index (χ0n) is 13.6. The largest absolute Gasteiger partial charge is 0.495 e. The van der Waals surface area contributed by atoms with Crippen LogP contribution < -0.4 is 14.8 Å². The molecule has 1 aromatic heterocycles. The predicted molar refractivity (Wildman–Crippen MR) is 100 cm³/mol. The van der Waals surface area contributed by atoms with Gasteiger partial charge in [0.15, 0.2) is 0 Å². The quantitative estimate of drug-likeness (QED) is 0.701. The SMILES string of the molecule is COc1cc(NC(=O)c2ncsc2-c2ccccc2)c(OC)cc1Cl. The highest BCUT2D eigenvalue weighted by atomic mass is 35.5. The van der Waals surface area contributed by atoms with Crippen LogP contribution in [0.3, 0.4) is 0 Å². The lowest BCUT2D eigenvalue weighted by molar-refractivity contribution is 0.102. The van der Waals surface area contributed by atoms with E-state index in [1.165, 1.54) is 25.6 Å². The fourth-order valence-electron chi connectivity index (χ4n) is 2.34. The first-order valence-corrected chi connectivity index (χ1v) is 8.61. The maximum absolute atomic E-state index is 12.7. The van der Waals surface area contributed by atoms with E-state index in [0.29, 0.717) is 27.9 Å². The maximum atomic E-state index is 12.7. The van der Waals surface area contributed by atoms with E-state index in [1.54, 1.807) is 17.6 Å². The Kier molecular flexibility index (Phi) is 5.21. The second-order valence-corrected chi connectivity index (χ2v) is 6.30. The van der Waals surface area contributed by atoms with Crippen molar-refractivity contribution in [3.63, 3.8) is 0 Å². The first-order chi connectivity index (χ1) is 12.1. The van der Waals surface area contributed by atoms with Crippen LogP contribution in [0.1, 0.15) is 10.5 Å². The van der Waals surface area contributed by atoms with Crippen LogP contribution in [0, 0.1) is 0 Å². The molecule has 3 rings (SSSR count). The Labute approximate surface area is 154 Å². The highest BCUT2D eigenvalue weighted by Gasteiger charge is 2.19. The van der Waals surface area contributed by atoms with Crippen molar-refractivity contribution >= 4 is 34.5 Å². The number of thiazole rings is 1. The molecule has 0 saturated carbocycles. The topological polar surface area (TPSA) is 60.5 Å². The van der Waals surface area contributed by atoms with Crippen molar-refractivity contribution in [1.29, 1.82) is 0 Å². The molecular weight excluding hydrogens is 360 g/mol. The van der Waals surface area contributed by atoms with Crippen LogP contribution in [0.4, 0.5) is 5.69 Å². The van der Waals surface area contributed by atoms with E-state index in [2.05, 4.69) is 10.3 Å². The number of amides is 1. The number of ether oxygens (including phenoxy) is 2. The molecule has 0 atom stereocenters. The number of methoxy groups -OCH3 is 2. The Morgan fingerprint density at radius 1 is 1.12 bits per heavy atom. The summed E-state index contributed by atoms with van der Waals surface area (Å²) in [6.45, 7) is 0. The molecular formula is C18H15ClN2O3S. The van der Waals surface area contributed by atoms with Gasteiger partial charge < -0.3 is 14.8 Å². The average Bonchev–Trinajstić information content (AvgIpc) is 3.13. The van der Waals surface area contributed by atoms with E-state index in [0.717, 1.165) is 10.4 Å². The molecule has 5 nitrogen and oxygen atoms in total. The summed E-state index contributed by atoms with van der Waals surface area (Å²) in [5, 5.41) is 3.22. The van der Waals surface area contributed by atoms with Crippen LogP contribution in [-0.4, -0.2) is 25.1 Å². The fraction of sp³-hybridized carbons (Fsp3) is 0.111. The summed E-state index contributed by atoms with van der Waals surface area (Å²) < 4.78 is 10.5. The van der Waals surface area contributed by atoms with E-state index in [4.69, 9.17) is 21.1 Å². The molecule has 1 heterocycles. The molecule has 25 heavy (non-hydrogen) atoms. The highest BCUT2D eigenvalue weighted by molar-refractivity contribution is 7.13. The van der Waals surface area contributed by atoms with Gasteiger partial charge in [-0.2, -0.15) is 0 Å². The van der Waals surface area contributed by atoms with Gasteiger partial charge in [-0.05, 0) is 5.56 Å². The second-order valence-electron chi connectivity index (χ2n) is 5.04. The fourth-order valence-corrected chi connectivity index (χ4v) is 3.37. The van der Waals surface area contributed by atoms with Crippen LogP contribution in [0.2, 0.25) is 5.02 Å². The van der Waals surface area contributed by atoms with Gasteiger partial charge in [0, 0.05) is 12.1 Å². The van der Waals surface area contributed by atoms with Crippen molar-refractivity contribution in [3.8, 4) is 21.9 Å². The van der Waals surface area contributed by atoms with Crippen molar-refractivity contribution in [2.24, 2.45) is 0 Å². The second kappa shape index (κ2) is 7.55. The van der Waals surface area contributed by atoms with Gasteiger partial charge in [-0.3, -0.25) is 4.79 Å². The average molecular weight is 375 g/mol. The molecule has 0 radical (unpaired) electrons. The van der Waals surface area contributed by atoms with Crippen LogP contribution in [0.15, 0.2) is 48.0 Å². The third kappa shape index (κ3) is 3.60. The Morgan fingerprint density at radius 3 is 2.52 bits per heavy atom. The predicted octanol–water partition coefficient (Wildman–Crippen LogP) is 4.73. The Bertz CT molecular complexity index is 897. The van der Waals surface area contributed by atoms with Crippen molar-refractivity contribution in [3.05, 3.63) is 58.7 Å². The third-order valence-electron chi connectivity index (χ3n) is 3.54. The number of aromatic nitrogens is 1. The van der Waals surface area contributed by atoms with Crippen molar-refractivity contribution in [2.75, 3.05) is 19.5 Å². The lowest BCUT2D eigenvalue weighted by Crippen LogP contribution is -2.14. The summed E-state index contributed by atoms with van der Waals surface area (Å²) in [6, 6.07) is 12.9. The van der Waals surface area contributed by atoms with Crippen molar-refractivity contribution in [1.82, 2.24) is 4.98 Å². The minimum atomic E-state index is -0.331. The maximum Gasteiger partial charge on any atom is 0.275 e. The van der Waals surface area contributed by atoms with Crippen LogP contribution in [0.25, 0.3) is 10.4 Å². The lowest BCUT2D eigenvalue weighted by Gasteiger charge is -2.13. The molecule has 0 aliphatic heterocycles. The first kappa shape index (κ1) is 17.3. The van der Waals surface area contributed by atoms with Gasteiger partial charge >= 0.3 is 0 Å². The number of benzene rings is 2. The summed E-state index contributed by atoms with van der Waals surface area (Å²) in [5.74, 6) is 0.553. The minimum Gasteiger partial charge on any atom is -0.495 e. The molecule has 0 aliphatic rings. The highest BCUT2D eigenvalue weighted by Crippen LogP contribution is 2.36. The molecule has 3 aromatic rings. The smallest absolute Gasteiger partial charge is 0.275 e. The van der Waals surface area contributed by atoms with Gasteiger partial charge in [-0.1, -0.05) is 41.9 Å². The standard InChI is InChI=1S/C18H15ClN2O3S/c1-23-14-9-13(15(24-2)8-12(14)19)21-18(22)16-17(25-10-20-16)11-6-4-3-5-7-11/h3-10H,1-2H3,(H,21,22). The van der Waals surface area contributed by atoms with Crippen molar-refractivity contribution in [2.45, 2.75) is 0 Å². The normalized spacial score (nSPS) is 10.4. The molecule has 0 bridgehead atoms. The number of nitrogens with one attached hydrogen (secondary N) is 1. The summed E-state index contributed by atoms with van der Waals surface area (Å²) in [7, 11) is 3.01. The molecule has 7 heteroatoms.